The van der Waals surface area contributed by atoms with Crippen LogP contribution < -0.4 is 10.6 Å². The summed E-state index contributed by atoms with van der Waals surface area (Å²) in [5, 5.41) is 7.76. The third-order valence-corrected chi connectivity index (χ3v) is 3.09. The van der Waals surface area contributed by atoms with Crippen LogP contribution in [0.1, 0.15) is 25.6 Å². The molecular weight excluding hydrogens is 196 g/mol. The van der Waals surface area contributed by atoms with Gasteiger partial charge in [-0.15, -0.1) is 0 Å². The maximum absolute atomic E-state index is 4.39. The van der Waals surface area contributed by atoms with Gasteiger partial charge in [0.2, 0.25) is 5.13 Å². The SMILES string of the molecule is CCc1nsc(NC2CCCNC2)n1. The molecule has 2 rings (SSSR count). The van der Waals surface area contributed by atoms with Crippen molar-refractivity contribution in [2.75, 3.05) is 18.4 Å². The fourth-order valence-corrected chi connectivity index (χ4v) is 2.33. The molecule has 1 unspecified atom stereocenters. The second-order valence-corrected chi connectivity index (χ2v) is 4.31. The van der Waals surface area contributed by atoms with Crippen LogP contribution in [0.4, 0.5) is 5.13 Å². The molecule has 5 heteroatoms. The van der Waals surface area contributed by atoms with Crippen molar-refractivity contribution in [2.45, 2.75) is 32.2 Å². The number of nitrogens with one attached hydrogen (secondary N) is 2. The van der Waals surface area contributed by atoms with Crippen molar-refractivity contribution in [1.82, 2.24) is 14.7 Å². The maximum atomic E-state index is 4.39. The first-order valence-corrected chi connectivity index (χ1v) is 5.95. The van der Waals surface area contributed by atoms with Crippen LogP contribution in [0.5, 0.6) is 0 Å². The van der Waals surface area contributed by atoms with E-state index in [2.05, 4.69) is 26.9 Å². The Morgan fingerprint density at radius 1 is 1.64 bits per heavy atom. The van der Waals surface area contributed by atoms with Gasteiger partial charge in [0.25, 0.3) is 0 Å². The zero-order valence-corrected chi connectivity index (χ0v) is 9.23. The van der Waals surface area contributed by atoms with E-state index in [4.69, 9.17) is 0 Å². The summed E-state index contributed by atoms with van der Waals surface area (Å²) in [7, 11) is 0. The summed E-state index contributed by atoms with van der Waals surface area (Å²) < 4.78 is 4.25. The topological polar surface area (TPSA) is 49.8 Å². The van der Waals surface area contributed by atoms with Crippen LogP contribution in [0.25, 0.3) is 0 Å². The third-order valence-electron chi connectivity index (χ3n) is 2.41. The van der Waals surface area contributed by atoms with Gasteiger partial charge < -0.3 is 10.6 Å². The van der Waals surface area contributed by atoms with Crippen molar-refractivity contribution in [3.05, 3.63) is 5.82 Å². The van der Waals surface area contributed by atoms with E-state index in [0.717, 1.165) is 30.5 Å². The molecule has 0 spiro atoms. The number of rotatable bonds is 3. The molecule has 4 nitrogen and oxygen atoms in total. The molecule has 1 aliphatic rings. The van der Waals surface area contributed by atoms with Crippen molar-refractivity contribution in [1.29, 1.82) is 0 Å². The molecule has 0 bridgehead atoms. The van der Waals surface area contributed by atoms with Crippen molar-refractivity contribution >= 4 is 16.7 Å². The van der Waals surface area contributed by atoms with Gasteiger partial charge in [0.1, 0.15) is 5.82 Å². The molecule has 0 saturated carbocycles. The first kappa shape index (κ1) is 9.86. The van der Waals surface area contributed by atoms with Crippen LogP contribution in [-0.2, 0) is 6.42 Å². The van der Waals surface area contributed by atoms with Crippen LogP contribution in [0.2, 0.25) is 0 Å². The maximum Gasteiger partial charge on any atom is 0.202 e. The average molecular weight is 212 g/mol. The second kappa shape index (κ2) is 4.70. The molecule has 2 heterocycles. The molecular formula is C9H16N4S. The van der Waals surface area contributed by atoms with Gasteiger partial charge in [0.05, 0.1) is 0 Å². The number of hydrogen-bond donors (Lipinski definition) is 2. The number of aromatic nitrogens is 2. The average Bonchev–Trinajstić information content (AvgIpc) is 2.67. The minimum atomic E-state index is 0.529. The van der Waals surface area contributed by atoms with Gasteiger partial charge >= 0.3 is 0 Å². The Balaban J connectivity index is 1.89. The van der Waals surface area contributed by atoms with Crippen LogP contribution in [0, 0.1) is 0 Å². The highest BCUT2D eigenvalue weighted by atomic mass is 32.1. The number of hydrogen-bond acceptors (Lipinski definition) is 5. The standard InChI is InChI=1S/C9H16N4S/c1-2-8-12-9(14-13-8)11-7-4-3-5-10-6-7/h7,10H,2-6H2,1H3,(H,11,12,13). The highest BCUT2D eigenvalue weighted by molar-refractivity contribution is 7.09. The number of nitrogens with zero attached hydrogens (tertiary/aromatic N) is 2. The van der Waals surface area contributed by atoms with E-state index in [1.54, 1.807) is 0 Å². The summed E-state index contributed by atoms with van der Waals surface area (Å²) in [4.78, 5) is 4.39. The van der Waals surface area contributed by atoms with E-state index in [1.165, 1.54) is 24.4 Å². The van der Waals surface area contributed by atoms with E-state index in [1.807, 2.05) is 0 Å². The second-order valence-electron chi connectivity index (χ2n) is 3.56. The highest BCUT2D eigenvalue weighted by Gasteiger charge is 2.13. The lowest BCUT2D eigenvalue weighted by atomic mass is 10.1. The Hall–Kier alpha value is -0.680. The van der Waals surface area contributed by atoms with Gasteiger partial charge in [-0.2, -0.15) is 4.37 Å². The number of aryl methyl sites for hydroxylation is 1. The summed E-state index contributed by atoms with van der Waals surface area (Å²) >= 11 is 1.47. The Morgan fingerprint density at radius 3 is 3.21 bits per heavy atom. The monoisotopic (exact) mass is 212 g/mol. The van der Waals surface area contributed by atoms with Crippen molar-refractivity contribution in [3.8, 4) is 0 Å². The van der Waals surface area contributed by atoms with Crippen LogP contribution in [0.15, 0.2) is 0 Å². The van der Waals surface area contributed by atoms with Gasteiger partial charge in [0.15, 0.2) is 0 Å². The molecule has 1 aromatic rings. The molecule has 0 amide bonds. The zero-order chi connectivity index (χ0) is 9.80. The third kappa shape index (κ3) is 2.42. The molecule has 14 heavy (non-hydrogen) atoms. The largest absolute Gasteiger partial charge is 0.356 e. The van der Waals surface area contributed by atoms with Crippen molar-refractivity contribution < 1.29 is 0 Å². The van der Waals surface area contributed by atoms with Crippen LogP contribution in [0.3, 0.4) is 0 Å². The Kier molecular flexibility index (Phi) is 3.31. The molecule has 78 valence electrons. The summed E-state index contributed by atoms with van der Waals surface area (Å²) in [6.45, 7) is 4.27. The lowest BCUT2D eigenvalue weighted by Gasteiger charge is -2.23. The molecule has 1 fully saturated rings. The summed E-state index contributed by atoms with van der Waals surface area (Å²) in [5.74, 6) is 0.946. The van der Waals surface area contributed by atoms with E-state index in [0.29, 0.717) is 6.04 Å². The molecule has 0 aromatic carbocycles. The predicted molar refractivity (Wildman–Crippen MR) is 58.8 cm³/mol. The first-order valence-electron chi connectivity index (χ1n) is 5.18. The lowest BCUT2D eigenvalue weighted by Crippen LogP contribution is -2.38. The molecule has 0 aliphatic carbocycles. The van der Waals surface area contributed by atoms with Crippen LogP contribution in [-0.4, -0.2) is 28.5 Å². The summed E-state index contributed by atoms with van der Waals surface area (Å²) in [5.41, 5.74) is 0. The van der Waals surface area contributed by atoms with E-state index < -0.39 is 0 Å². The summed E-state index contributed by atoms with van der Waals surface area (Å²) in [6.07, 6.45) is 3.40. The zero-order valence-electron chi connectivity index (χ0n) is 8.42. The Morgan fingerprint density at radius 2 is 2.57 bits per heavy atom. The highest BCUT2D eigenvalue weighted by Crippen LogP contribution is 2.15. The predicted octanol–water partition coefficient (Wildman–Crippen LogP) is 1.26. The fraction of sp³-hybridized carbons (Fsp3) is 0.778. The number of piperidine rings is 1. The lowest BCUT2D eigenvalue weighted by molar-refractivity contribution is 0.479. The van der Waals surface area contributed by atoms with E-state index in [-0.39, 0.29) is 0 Å². The van der Waals surface area contributed by atoms with Gasteiger partial charge in [-0.05, 0) is 19.4 Å². The summed E-state index contributed by atoms with van der Waals surface area (Å²) in [6, 6.07) is 0.529. The molecule has 1 saturated heterocycles. The molecule has 0 radical (unpaired) electrons. The smallest absolute Gasteiger partial charge is 0.202 e. The van der Waals surface area contributed by atoms with E-state index >= 15 is 0 Å². The van der Waals surface area contributed by atoms with Gasteiger partial charge in [0, 0.05) is 30.5 Å². The van der Waals surface area contributed by atoms with E-state index in [9.17, 15) is 0 Å². The van der Waals surface area contributed by atoms with Gasteiger partial charge in [-0.25, -0.2) is 4.98 Å². The van der Waals surface area contributed by atoms with Gasteiger partial charge in [-0.1, -0.05) is 6.92 Å². The van der Waals surface area contributed by atoms with Crippen molar-refractivity contribution in [3.63, 3.8) is 0 Å². The molecule has 1 aromatic heterocycles. The van der Waals surface area contributed by atoms with Crippen molar-refractivity contribution in [2.24, 2.45) is 0 Å². The van der Waals surface area contributed by atoms with Crippen LogP contribution >= 0.6 is 11.5 Å². The van der Waals surface area contributed by atoms with Gasteiger partial charge in [-0.3, -0.25) is 0 Å². The normalized spacial score (nSPS) is 22.2. The molecule has 2 N–H and O–H groups in total. The fourth-order valence-electron chi connectivity index (χ4n) is 1.61. The molecule has 1 aliphatic heterocycles. The Labute approximate surface area is 88.3 Å². The quantitative estimate of drug-likeness (QED) is 0.792. The minimum absolute atomic E-state index is 0.529. The first-order chi connectivity index (χ1) is 6.88. The Bertz CT molecular complexity index is 280. The molecule has 1 atom stereocenters. The minimum Gasteiger partial charge on any atom is -0.356 e. The number of anilines is 1.